The highest BCUT2D eigenvalue weighted by Crippen LogP contribution is 2.40. The van der Waals surface area contributed by atoms with Gasteiger partial charge in [-0.05, 0) is 30.0 Å². The average Bonchev–Trinajstić information content (AvgIpc) is 3.15. The number of pyridine rings is 1. The molecule has 0 radical (unpaired) electrons. The van der Waals surface area contributed by atoms with E-state index in [0.717, 1.165) is 35.4 Å². The summed E-state index contributed by atoms with van der Waals surface area (Å²) in [5, 5.41) is 8.80. The Kier molecular flexibility index (Phi) is 4.44. The Bertz CT molecular complexity index is 1050. The lowest BCUT2D eigenvalue weighted by Crippen LogP contribution is -2.31. The van der Waals surface area contributed by atoms with Gasteiger partial charge in [0.25, 0.3) is 0 Å². The molecule has 1 aliphatic heterocycles. The van der Waals surface area contributed by atoms with Crippen LogP contribution in [0.2, 0.25) is 0 Å². The minimum Gasteiger partial charge on any atom is -0.328 e. The fourth-order valence-electron chi connectivity index (χ4n) is 3.77. The van der Waals surface area contributed by atoms with E-state index in [1.165, 1.54) is 5.56 Å². The molecule has 1 atom stereocenters. The molecule has 0 spiro atoms. The van der Waals surface area contributed by atoms with Gasteiger partial charge in [0, 0.05) is 35.8 Å². The number of hydrogen-bond donors (Lipinski definition) is 1. The van der Waals surface area contributed by atoms with Crippen LogP contribution in [0.15, 0.2) is 71.3 Å². The van der Waals surface area contributed by atoms with E-state index >= 15 is 0 Å². The molecule has 3 heterocycles. The van der Waals surface area contributed by atoms with E-state index < -0.39 is 0 Å². The first kappa shape index (κ1) is 17.2. The molecular weight excluding hydrogens is 370 g/mol. The zero-order valence-corrected chi connectivity index (χ0v) is 16.0. The predicted octanol–water partition coefficient (Wildman–Crippen LogP) is 3.99. The van der Waals surface area contributed by atoms with E-state index in [1.807, 2.05) is 41.2 Å². The number of Topliss-reactive ketones (excluding diaryl/α,β-unsaturated/α-hetero) is 1. The standard InChI is InChI=1S/C21H19N5OS/c27-17-10-4-9-16-18(17)19(15-8-5-11-22-12-15)26-20(23-16)24-21(25-26)28-13-14-6-2-1-3-7-14/h1-3,5-8,11-12,19H,4,9-10,13H2,(H,23,24,25). The zero-order chi connectivity index (χ0) is 18.9. The molecule has 6 nitrogen and oxygen atoms in total. The number of ketones is 1. The highest BCUT2D eigenvalue weighted by molar-refractivity contribution is 7.98. The van der Waals surface area contributed by atoms with Gasteiger partial charge in [-0.1, -0.05) is 48.2 Å². The topological polar surface area (TPSA) is 72.7 Å². The quantitative estimate of drug-likeness (QED) is 0.680. The van der Waals surface area contributed by atoms with Crippen molar-refractivity contribution < 1.29 is 4.79 Å². The molecule has 28 heavy (non-hydrogen) atoms. The van der Waals surface area contributed by atoms with Gasteiger partial charge < -0.3 is 5.32 Å². The number of fused-ring (bicyclic) bond motifs is 1. The summed E-state index contributed by atoms with van der Waals surface area (Å²) in [6.45, 7) is 0. The van der Waals surface area contributed by atoms with Gasteiger partial charge in [0.1, 0.15) is 6.04 Å². The monoisotopic (exact) mass is 389 g/mol. The van der Waals surface area contributed by atoms with Crippen LogP contribution in [0.3, 0.4) is 0 Å². The molecule has 1 unspecified atom stereocenters. The summed E-state index contributed by atoms with van der Waals surface area (Å²) in [6, 6.07) is 13.9. The van der Waals surface area contributed by atoms with Crippen LogP contribution in [-0.2, 0) is 10.5 Å². The van der Waals surface area contributed by atoms with Crippen molar-refractivity contribution in [3.63, 3.8) is 0 Å². The zero-order valence-electron chi connectivity index (χ0n) is 15.2. The molecule has 0 bridgehead atoms. The van der Waals surface area contributed by atoms with Crippen LogP contribution in [0.5, 0.6) is 0 Å². The van der Waals surface area contributed by atoms with Crippen molar-refractivity contribution in [2.45, 2.75) is 36.2 Å². The van der Waals surface area contributed by atoms with Crippen LogP contribution < -0.4 is 5.32 Å². The third-order valence-electron chi connectivity index (χ3n) is 5.06. The second-order valence-corrected chi connectivity index (χ2v) is 7.86. The van der Waals surface area contributed by atoms with E-state index in [1.54, 1.807) is 18.0 Å². The summed E-state index contributed by atoms with van der Waals surface area (Å²) in [5.41, 5.74) is 3.96. The molecule has 5 rings (SSSR count). The predicted molar refractivity (Wildman–Crippen MR) is 108 cm³/mol. The molecule has 0 saturated heterocycles. The van der Waals surface area contributed by atoms with E-state index in [9.17, 15) is 4.79 Å². The van der Waals surface area contributed by atoms with Gasteiger partial charge in [-0.25, -0.2) is 4.68 Å². The molecule has 3 aromatic rings. The Labute approximate surface area is 167 Å². The highest BCUT2D eigenvalue weighted by atomic mass is 32.2. The SMILES string of the molecule is O=C1CCCC2=C1C(c1cccnc1)n1nc(SCc3ccccc3)nc1N2. The summed E-state index contributed by atoms with van der Waals surface area (Å²) in [6.07, 6.45) is 5.86. The third-order valence-corrected chi connectivity index (χ3v) is 5.97. The number of allylic oxidation sites excluding steroid dienone is 2. The first-order chi connectivity index (χ1) is 13.8. The van der Waals surface area contributed by atoms with Gasteiger partial charge in [0.2, 0.25) is 11.1 Å². The molecule has 140 valence electrons. The minimum absolute atomic E-state index is 0.183. The Morgan fingerprint density at radius 3 is 2.86 bits per heavy atom. The van der Waals surface area contributed by atoms with Gasteiger partial charge in [-0.15, -0.1) is 5.10 Å². The number of carbonyl (C=O) groups is 1. The molecule has 0 saturated carbocycles. The van der Waals surface area contributed by atoms with Crippen LogP contribution >= 0.6 is 11.8 Å². The van der Waals surface area contributed by atoms with Crippen LogP contribution in [-0.4, -0.2) is 25.5 Å². The van der Waals surface area contributed by atoms with Crippen LogP contribution in [0.4, 0.5) is 5.95 Å². The highest BCUT2D eigenvalue weighted by Gasteiger charge is 2.36. The Morgan fingerprint density at radius 1 is 1.14 bits per heavy atom. The van der Waals surface area contributed by atoms with E-state index in [2.05, 4.69) is 22.4 Å². The fraction of sp³-hybridized carbons (Fsp3) is 0.238. The Morgan fingerprint density at radius 2 is 2.04 bits per heavy atom. The molecule has 0 fully saturated rings. The summed E-state index contributed by atoms with van der Waals surface area (Å²) < 4.78 is 1.84. The van der Waals surface area contributed by atoms with Gasteiger partial charge >= 0.3 is 0 Å². The van der Waals surface area contributed by atoms with Crippen molar-refractivity contribution in [1.29, 1.82) is 0 Å². The van der Waals surface area contributed by atoms with Crippen LogP contribution in [0.1, 0.15) is 36.4 Å². The fourth-order valence-corrected chi connectivity index (χ4v) is 4.55. The average molecular weight is 389 g/mol. The Hall–Kier alpha value is -2.93. The summed E-state index contributed by atoms with van der Waals surface area (Å²) in [5.74, 6) is 1.67. The second-order valence-electron chi connectivity index (χ2n) is 6.92. The maximum absolute atomic E-state index is 12.8. The number of nitrogens with zero attached hydrogens (tertiary/aromatic N) is 4. The van der Waals surface area contributed by atoms with Crippen molar-refractivity contribution in [3.05, 3.63) is 77.3 Å². The summed E-state index contributed by atoms with van der Waals surface area (Å²) in [7, 11) is 0. The van der Waals surface area contributed by atoms with Gasteiger partial charge in [-0.3, -0.25) is 9.78 Å². The van der Waals surface area contributed by atoms with Crippen molar-refractivity contribution in [1.82, 2.24) is 19.7 Å². The van der Waals surface area contributed by atoms with Crippen LogP contribution in [0, 0.1) is 0 Å². The summed E-state index contributed by atoms with van der Waals surface area (Å²) in [4.78, 5) is 21.7. The van der Waals surface area contributed by atoms with Gasteiger partial charge in [0.05, 0.1) is 0 Å². The maximum atomic E-state index is 12.8. The molecule has 7 heteroatoms. The van der Waals surface area contributed by atoms with E-state index in [4.69, 9.17) is 10.1 Å². The van der Waals surface area contributed by atoms with Gasteiger partial charge in [-0.2, -0.15) is 4.98 Å². The van der Waals surface area contributed by atoms with Gasteiger partial charge in [0.15, 0.2) is 5.78 Å². The molecular formula is C21H19N5OS. The number of aromatic nitrogens is 4. The first-order valence-electron chi connectivity index (χ1n) is 9.36. The third kappa shape index (κ3) is 3.11. The normalized spacial score (nSPS) is 18.4. The largest absolute Gasteiger partial charge is 0.328 e. The van der Waals surface area contributed by atoms with Crippen LogP contribution in [0.25, 0.3) is 0 Å². The number of thioether (sulfide) groups is 1. The molecule has 1 aromatic carbocycles. The lowest BCUT2D eigenvalue weighted by molar-refractivity contribution is -0.116. The maximum Gasteiger partial charge on any atom is 0.227 e. The number of benzene rings is 1. The van der Waals surface area contributed by atoms with Crippen molar-refractivity contribution in [3.8, 4) is 0 Å². The molecule has 1 aliphatic carbocycles. The van der Waals surface area contributed by atoms with Crippen molar-refractivity contribution in [2.75, 3.05) is 5.32 Å². The molecule has 2 aliphatic rings. The second kappa shape index (κ2) is 7.24. The van der Waals surface area contributed by atoms with E-state index in [0.29, 0.717) is 17.5 Å². The number of rotatable bonds is 4. The number of anilines is 1. The number of carbonyl (C=O) groups excluding carboxylic acids is 1. The lowest BCUT2D eigenvalue weighted by atomic mass is 9.86. The smallest absolute Gasteiger partial charge is 0.227 e. The first-order valence-corrected chi connectivity index (χ1v) is 10.3. The van der Waals surface area contributed by atoms with Crippen molar-refractivity contribution >= 4 is 23.5 Å². The lowest BCUT2D eigenvalue weighted by Gasteiger charge is -2.31. The van der Waals surface area contributed by atoms with E-state index in [-0.39, 0.29) is 11.8 Å². The molecule has 0 amide bonds. The molecule has 2 aromatic heterocycles. The summed E-state index contributed by atoms with van der Waals surface area (Å²) >= 11 is 1.60. The molecule has 1 N–H and O–H groups in total. The van der Waals surface area contributed by atoms with Crippen molar-refractivity contribution in [2.24, 2.45) is 0 Å². The Balaban J connectivity index is 1.51. The number of nitrogens with one attached hydrogen (secondary N) is 1. The minimum atomic E-state index is -0.272. The number of hydrogen-bond acceptors (Lipinski definition) is 6.